The topological polar surface area (TPSA) is 69.0 Å². The van der Waals surface area contributed by atoms with Crippen molar-refractivity contribution in [2.45, 2.75) is 26.8 Å². The van der Waals surface area contributed by atoms with Crippen molar-refractivity contribution in [3.63, 3.8) is 0 Å². The Kier molecular flexibility index (Phi) is 4.74. The summed E-state index contributed by atoms with van der Waals surface area (Å²) in [5.41, 5.74) is 4.34. The average molecular weight is 324 g/mol. The normalized spacial score (nSPS) is 11.0. The molecule has 6 heteroatoms. The number of hydrogen-bond acceptors (Lipinski definition) is 4. The van der Waals surface area contributed by atoms with Crippen LogP contribution in [0.5, 0.6) is 5.75 Å². The van der Waals surface area contributed by atoms with Gasteiger partial charge in [0.15, 0.2) is 5.75 Å². The molecule has 6 nitrogen and oxygen atoms in total. The van der Waals surface area contributed by atoms with Gasteiger partial charge in [0, 0.05) is 6.54 Å². The fourth-order valence-corrected chi connectivity index (χ4v) is 2.30. The number of fused-ring (bicyclic) bond motifs is 1. The van der Waals surface area contributed by atoms with Crippen molar-refractivity contribution in [3.05, 3.63) is 54.6 Å². The molecule has 0 atom stereocenters. The number of amides is 1. The van der Waals surface area contributed by atoms with Crippen molar-refractivity contribution >= 4 is 16.9 Å². The summed E-state index contributed by atoms with van der Waals surface area (Å²) in [6.45, 7) is 5.26. The van der Waals surface area contributed by atoms with E-state index in [1.807, 2.05) is 18.2 Å². The van der Waals surface area contributed by atoms with E-state index in [1.165, 1.54) is 0 Å². The standard InChI is InChI=1S/C18H20N4O2/c1-13(2)8-9-22-12-20-15-10-16(19-11-17(15)22)18(23)21-24-14-6-4-3-5-7-14/h3-7,10-13H,8-9H2,1-2H3,(H,21,23). The summed E-state index contributed by atoms with van der Waals surface area (Å²) in [4.78, 5) is 26.0. The second-order valence-corrected chi connectivity index (χ2v) is 6.03. The zero-order valence-electron chi connectivity index (χ0n) is 13.8. The molecule has 0 aliphatic rings. The fourth-order valence-electron chi connectivity index (χ4n) is 2.30. The number of carbonyl (C=O) groups is 1. The van der Waals surface area contributed by atoms with Gasteiger partial charge in [-0.05, 0) is 30.5 Å². The van der Waals surface area contributed by atoms with Crippen LogP contribution in [-0.2, 0) is 6.54 Å². The zero-order valence-corrected chi connectivity index (χ0v) is 13.8. The number of rotatable bonds is 6. The van der Waals surface area contributed by atoms with Crippen molar-refractivity contribution < 1.29 is 9.63 Å². The van der Waals surface area contributed by atoms with Crippen LogP contribution in [0.25, 0.3) is 11.0 Å². The van der Waals surface area contributed by atoms with Crippen LogP contribution in [0.1, 0.15) is 30.8 Å². The van der Waals surface area contributed by atoms with E-state index in [1.54, 1.807) is 30.7 Å². The predicted octanol–water partition coefficient (Wildman–Crippen LogP) is 3.20. The Balaban J connectivity index is 1.70. The minimum absolute atomic E-state index is 0.271. The number of carbonyl (C=O) groups excluding carboxylic acids is 1. The highest BCUT2D eigenvalue weighted by Crippen LogP contribution is 2.15. The van der Waals surface area contributed by atoms with E-state index in [9.17, 15) is 4.79 Å². The van der Waals surface area contributed by atoms with Gasteiger partial charge < -0.3 is 9.40 Å². The van der Waals surface area contributed by atoms with E-state index in [4.69, 9.17) is 4.84 Å². The lowest BCUT2D eigenvalue weighted by Crippen LogP contribution is -2.27. The lowest BCUT2D eigenvalue weighted by molar-refractivity contribution is 0.0754. The number of benzene rings is 1. The minimum Gasteiger partial charge on any atom is -0.379 e. The Morgan fingerprint density at radius 3 is 2.79 bits per heavy atom. The maximum absolute atomic E-state index is 12.2. The molecule has 2 heterocycles. The molecule has 0 bridgehead atoms. The van der Waals surface area contributed by atoms with Crippen LogP contribution in [0.3, 0.4) is 0 Å². The van der Waals surface area contributed by atoms with Crippen molar-refractivity contribution in [1.29, 1.82) is 0 Å². The van der Waals surface area contributed by atoms with E-state index in [0.717, 1.165) is 24.0 Å². The molecule has 2 aromatic heterocycles. The number of nitrogens with one attached hydrogen (secondary N) is 1. The maximum atomic E-state index is 12.2. The maximum Gasteiger partial charge on any atom is 0.302 e. The molecule has 0 unspecified atom stereocenters. The number of aromatic nitrogens is 3. The van der Waals surface area contributed by atoms with Crippen molar-refractivity contribution in [3.8, 4) is 5.75 Å². The summed E-state index contributed by atoms with van der Waals surface area (Å²) in [5.74, 6) is 0.776. The Hall–Kier alpha value is -2.89. The summed E-state index contributed by atoms with van der Waals surface area (Å²) in [5, 5.41) is 0. The second kappa shape index (κ2) is 7.12. The van der Waals surface area contributed by atoms with Gasteiger partial charge in [-0.3, -0.25) is 4.79 Å². The summed E-state index contributed by atoms with van der Waals surface area (Å²) >= 11 is 0. The molecule has 1 aromatic carbocycles. The lowest BCUT2D eigenvalue weighted by Gasteiger charge is -2.08. The molecule has 0 saturated carbocycles. The third kappa shape index (κ3) is 3.71. The molecule has 0 spiro atoms. The third-order valence-corrected chi connectivity index (χ3v) is 3.69. The Bertz CT molecular complexity index is 827. The van der Waals surface area contributed by atoms with Crippen LogP contribution in [0, 0.1) is 5.92 Å². The number of imidazole rings is 1. The molecule has 0 fully saturated rings. The predicted molar refractivity (Wildman–Crippen MR) is 91.5 cm³/mol. The SMILES string of the molecule is CC(C)CCn1cnc2cc(C(=O)NOc3ccccc3)ncc21. The van der Waals surface area contributed by atoms with Gasteiger partial charge in [-0.25, -0.2) is 9.97 Å². The molecular formula is C18H20N4O2. The van der Waals surface area contributed by atoms with E-state index in [2.05, 4.69) is 33.9 Å². The molecule has 3 aromatic rings. The molecule has 0 saturated heterocycles. The number of para-hydroxylation sites is 1. The lowest BCUT2D eigenvalue weighted by atomic mass is 10.1. The van der Waals surface area contributed by atoms with Crippen molar-refractivity contribution in [2.24, 2.45) is 5.92 Å². The molecule has 1 amide bonds. The molecule has 0 aliphatic carbocycles. The van der Waals surface area contributed by atoms with Gasteiger partial charge in [-0.2, -0.15) is 5.48 Å². The van der Waals surface area contributed by atoms with Crippen LogP contribution in [-0.4, -0.2) is 20.4 Å². The van der Waals surface area contributed by atoms with Crippen LogP contribution in [0.4, 0.5) is 0 Å². The highest BCUT2D eigenvalue weighted by molar-refractivity contribution is 5.94. The number of hydroxylamine groups is 1. The Labute approximate surface area is 140 Å². The fraction of sp³-hybridized carbons (Fsp3) is 0.278. The first-order valence-electron chi connectivity index (χ1n) is 7.96. The van der Waals surface area contributed by atoms with Gasteiger partial charge >= 0.3 is 5.91 Å². The average Bonchev–Trinajstić information content (AvgIpc) is 3.01. The van der Waals surface area contributed by atoms with Gasteiger partial charge in [-0.1, -0.05) is 32.0 Å². The largest absolute Gasteiger partial charge is 0.379 e. The first-order valence-corrected chi connectivity index (χ1v) is 7.96. The van der Waals surface area contributed by atoms with Crippen molar-refractivity contribution in [1.82, 2.24) is 20.0 Å². The van der Waals surface area contributed by atoms with Crippen LogP contribution < -0.4 is 10.3 Å². The summed E-state index contributed by atoms with van der Waals surface area (Å²) in [6.07, 6.45) is 4.54. The first-order chi connectivity index (χ1) is 11.6. The first kappa shape index (κ1) is 16.0. The Morgan fingerprint density at radius 1 is 1.25 bits per heavy atom. The van der Waals surface area contributed by atoms with Gasteiger partial charge in [0.05, 0.1) is 23.6 Å². The number of aryl methyl sites for hydroxylation is 1. The molecule has 124 valence electrons. The van der Waals surface area contributed by atoms with E-state index in [0.29, 0.717) is 11.7 Å². The zero-order chi connectivity index (χ0) is 16.9. The molecule has 3 rings (SSSR count). The van der Waals surface area contributed by atoms with Gasteiger partial charge in [0.25, 0.3) is 0 Å². The summed E-state index contributed by atoms with van der Waals surface area (Å²) in [6, 6.07) is 10.7. The third-order valence-electron chi connectivity index (χ3n) is 3.69. The number of hydrogen-bond donors (Lipinski definition) is 1. The molecule has 24 heavy (non-hydrogen) atoms. The highest BCUT2D eigenvalue weighted by atomic mass is 16.7. The smallest absolute Gasteiger partial charge is 0.302 e. The molecule has 0 radical (unpaired) electrons. The van der Waals surface area contributed by atoms with Gasteiger partial charge in [-0.15, -0.1) is 0 Å². The number of nitrogens with zero attached hydrogens (tertiary/aromatic N) is 3. The van der Waals surface area contributed by atoms with E-state index >= 15 is 0 Å². The van der Waals surface area contributed by atoms with Gasteiger partial charge in [0.1, 0.15) is 5.69 Å². The number of pyridine rings is 1. The van der Waals surface area contributed by atoms with E-state index in [-0.39, 0.29) is 5.69 Å². The monoisotopic (exact) mass is 324 g/mol. The summed E-state index contributed by atoms with van der Waals surface area (Å²) < 4.78 is 2.06. The molecular weight excluding hydrogens is 304 g/mol. The Morgan fingerprint density at radius 2 is 2.04 bits per heavy atom. The second-order valence-electron chi connectivity index (χ2n) is 6.03. The van der Waals surface area contributed by atoms with Gasteiger partial charge in [0.2, 0.25) is 0 Å². The molecule has 0 aliphatic heterocycles. The van der Waals surface area contributed by atoms with Crippen LogP contribution in [0.15, 0.2) is 48.9 Å². The quantitative estimate of drug-likeness (QED) is 0.707. The summed E-state index contributed by atoms with van der Waals surface area (Å²) in [7, 11) is 0. The van der Waals surface area contributed by atoms with E-state index < -0.39 is 5.91 Å². The molecule has 1 N–H and O–H groups in total. The van der Waals surface area contributed by atoms with Crippen molar-refractivity contribution in [2.75, 3.05) is 0 Å². The van der Waals surface area contributed by atoms with Crippen LogP contribution >= 0.6 is 0 Å². The van der Waals surface area contributed by atoms with Crippen LogP contribution in [0.2, 0.25) is 0 Å². The highest BCUT2D eigenvalue weighted by Gasteiger charge is 2.11. The minimum atomic E-state index is -0.405.